The maximum atomic E-state index is 12.6. The van der Waals surface area contributed by atoms with Gasteiger partial charge in [0.1, 0.15) is 30.4 Å². The van der Waals surface area contributed by atoms with Crippen molar-refractivity contribution in [1.29, 1.82) is 0 Å². The Hall–Kier alpha value is -2.84. The van der Waals surface area contributed by atoms with Crippen molar-refractivity contribution >= 4 is 38.9 Å². The first kappa shape index (κ1) is 25.8. The third-order valence-corrected chi connectivity index (χ3v) is 6.68. The molecule has 2 amide bonds. The van der Waals surface area contributed by atoms with Gasteiger partial charge in [-0.15, -0.1) is 0 Å². The number of aliphatic hydroxyl groups excluding tert-OH is 3. The zero-order chi connectivity index (χ0) is 25.8. The number of hydrogen-bond donors (Lipinski definition) is 8. The van der Waals surface area contributed by atoms with Crippen molar-refractivity contribution < 1.29 is 47.7 Å². The van der Waals surface area contributed by atoms with Gasteiger partial charge in [-0.1, -0.05) is 0 Å². The van der Waals surface area contributed by atoms with Crippen molar-refractivity contribution in [2.24, 2.45) is 11.5 Å². The van der Waals surface area contributed by atoms with Crippen molar-refractivity contribution in [2.45, 2.75) is 48.9 Å². The van der Waals surface area contributed by atoms with Crippen molar-refractivity contribution in [1.82, 2.24) is 19.5 Å². The average molecular weight is 505 g/mol. The van der Waals surface area contributed by atoms with Gasteiger partial charge in [0, 0.05) is 0 Å². The van der Waals surface area contributed by atoms with Crippen LogP contribution in [-0.2, 0) is 30.2 Å². The lowest BCUT2D eigenvalue weighted by atomic mass is 10.0. The molecule has 34 heavy (non-hydrogen) atoms. The predicted molar refractivity (Wildman–Crippen MR) is 110 cm³/mol. The number of carbonyl (C=O) groups is 2. The van der Waals surface area contributed by atoms with Gasteiger partial charge in [0.2, 0.25) is 5.91 Å². The van der Waals surface area contributed by atoms with Crippen molar-refractivity contribution in [3.8, 4) is 0 Å². The van der Waals surface area contributed by atoms with Crippen LogP contribution in [0.4, 0.5) is 5.82 Å². The summed E-state index contributed by atoms with van der Waals surface area (Å²) in [5.74, 6) is -2.94. The average Bonchev–Trinajstić information content (AvgIpc) is 3.25. The van der Waals surface area contributed by atoms with Crippen LogP contribution in [0.25, 0.3) is 11.2 Å². The van der Waals surface area contributed by atoms with E-state index in [2.05, 4.69) is 20.3 Å². The van der Waals surface area contributed by atoms with E-state index in [-0.39, 0.29) is 17.2 Å². The summed E-state index contributed by atoms with van der Waals surface area (Å²) < 4.78 is 40.0. The number of nitrogens with zero attached hydrogens (tertiary/aromatic N) is 4. The third-order valence-electron chi connectivity index (χ3n) is 5.38. The summed E-state index contributed by atoms with van der Waals surface area (Å²) in [6, 6.07) is -1.37. The van der Waals surface area contributed by atoms with Gasteiger partial charge < -0.3 is 41.9 Å². The van der Waals surface area contributed by atoms with E-state index in [1.807, 2.05) is 0 Å². The fourth-order valence-corrected chi connectivity index (χ4v) is 4.67. The minimum atomic E-state index is -5.74. The largest absolute Gasteiger partial charge is 0.394 e. The molecule has 1 saturated heterocycles. The van der Waals surface area contributed by atoms with Gasteiger partial charge in [-0.3, -0.25) is 18.7 Å². The van der Waals surface area contributed by atoms with Gasteiger partial charge in [0.15, 0.2) is 17.0 Å². The van der Waals surface area contributed by atoms with E-state index in [0.717, 1.165) is 6.33 Å². The molecule has 1 aliphatic rings. The SMILES string of the molecule is Cc1nc(NC(=O)C(N)C(C)O)c2ncn([C@]3(C(N)=O)O[C@H](CO)[C@@H](O)[C@]3(O)S(=O)(=O)O)c2n1. The van der Waals surface area contributed by atoms with Crippen molar-refractivity contribution in [3.63, 3.8) is 0 Å². The Morgan fingerprint density at radius 2 is 2.00 bits per heavy atom. The molecule has 6 atom stereocenters. The van der Waals surface area contributed by atoms with Gasteiger partial charge in [-0.05, 0) is 13.8 Å². The fraction of sp³-hybridized carbons (Fsp3) is 0.562. The molecule has 17 nitrogen and oxygen atoms in total. The van der Waals surface area contributed by atoms with Crippen LogP contribution in [0.5, 0.6) is 0 Å². The Morgan fingerprint density at radius 3 is 2.50 bits per heavy atom. The van der Waals surface area contributed by atoms with Crippen LogP contribution in [0.15, 0.2) is 6.33 Å². The van der Waals surface area contributed by atoms with Gasteiger partial charge >= 0.3 is 10.1 Å². The lowest BCUT2D eigenvalue weighted by Gasteiger charge is -2.37. The molecule has 0 aromatic carbocycles. The molecule has 1 fully saturated rings. The maximum absolute atomic E-state index is 12.6. The summed E-state index contributed by atoms with van der Waals surface area (Å²) in [5, 5.41) is 42.7. The Bertz CT molecular complexity index is 1250. The highest BCUT2D eigenvalue weighted by Gasteiger charge is 2.77. The first-order chi connectivity index (χ1) is 15.6. The Kier molecular flexibility index (Phi) is 6.39. The van der Waals surface area contributed by atoms with Crippen LogP contribution >= 0.6 is 0 Å². The Balaban J connectivity index is 2.31. The molecule has 0 aliphatic carbocycles. The first-order valence-corrected chi connectivity index (χ1v) is 11.0. The number of amides is 2. The molecule has 18 heteroatoms. The Morgan fingerprint density at radius 1 is 1.38 bits per heavy atom. The highest BCUT2D eigenvalue weighted by molar-refractivity contribution is 7.87. The quantitative estimate of drug-likeness (QED) is 0.164. The number of fused-ring (bicyclic) bond motifs is 1. The monoisotopic (exact) mass is 505 g/mol. The third kappa shape index (κ3) is 3.51. The number of aryl methyl sites for hydroxylation is 1. The van der Waals surface area contributed by atoms with Gasteiger partial charge in [-0.25, -0.2) is 15.0 Å². The minimum Gasteiger partial charge on any atom is -0.394 e. The summed E-state index contributed by atoms with van der Waals surface area (Å²) in [4.78, 5) is 33.0. The van der Waals surface area contributed by atoms with Crippen LogP contribution in [0.1, 0.15) is 12.7 Å². The molecule has 188 valence electrons. The van der Waals surface area contributed by atoms with Gasteiger partial charge in [0.05, 0.1) is 12.7 Å². The number of imidazole rings is 1. The molecule has 2 unspecified atom stereocenters. The topological polar surface area (TPSA) is 286 Å². The molecule has 3 rings (SSSR count). The number of ether oxygens (including phenoxy) is 1. The summed E-state index contributed by atoms with van der Waals surface area (Å²) in [6.45, 7) is 1.52. The number of anilines is 1. The van der Waals surface area contributed by atoms with Gasteiger partial charge in [-0.2, -0.15) is 8.42 Å². The molecule has 2 aromatic heterocycles. The molecular formula is C16H23N7O10S. The van der Waals surface area contributed by atoms with Crippen molar-refractivity contribution in [2.75, 3.05) is 11.9 Å². The van der Waals surface area contributed by atoms with E-state index < -0.39 is 69.2 Å². The van der Waals surface area contributed by atoms with E-state index in [4.69, 9.17) is 16.2 Å². The zero-order valence-electron chi connectivity index (χ0n) is 17.7. The second-order valence-electron chi connectivity index (χ2n) is 7.63. The predicted octanol–water partition coefficient (Wildman–Crippen LogP) is -4.75. The van der Waals surface area contributed by atoms with Crippen molar-refractivity contribution in [3.05, 3.63) is 12.2 Å². The summed E-state index contributed by atoms with van der Waals surface area (Å²) in [6.07, 6.45) is -4.95. The van der Waals surface area contributed by atoms with Crippen LogP contribution in [0, 0.1) is 6.92 Å². The fourth-order valence-electron chi connectivity index (χ4n) is 3.61. The number of nitrogens with one attached hydrogen (secondary N) is 1. The number of aliphatic hydroxyl groups is 4. The van der Waals surface area contributed by atoms with E-state index >= 15 is 0 Å². The Labute approximate surface area is 191 Å². The van der Waals surface area contributed by atoms with Crippen LogP contribution in [0.2, 0.25) is 0 Å². The minimum absolute atomic E-state index is 0.0672. The molecule has 2 aromatic rings. The normalized spacial score (nSPS) is 29.2. The van der Waals surface area contributed by atoms with Crippen LogP contribution in [0.3, 0.4) is 0 Å². The second kappa shape index (κ2) is 8.43. The molecule has 0 spiro atoms. The lowest BCUT2D eigenvalue weighted by molar-refractivity contribution is -0.180. The molecule has 0 saturated carbocycles. The maximum Gasteiger partial charge on any atom is 0.303 e. The molecule has 3 heterocycles. The highest BCUT2D eigenvalue weighted by atomic mass is 32.2. The molecular weight excluding hydrogens is 482 g/mol. The molecule has 0 bridgehead atoms. The number of primary amides is 1. The van der Waals surface area contributed by atoms with Crippen LogP contribution in [-0.4, -0.2) is 101 Å². The number of hydrogen-bond acceptors (Lipinski definition) is 13. The smallest absolute Gasteiger partial charge is 0.303 e. The van der Waals surface area contributed by atoms with E-state index in [9.17, 15) is 43.0 Å². The summed E-state index contributed by atoms with van der Waals surface area (Å²) in [7, 11) is -5.74. The number of rotatable bonds is 7. The summed E-state index contributed by atoms with van der Waals surface area (Å²) in [5.41, 5.74) is 7.01. The van der Waals surface area contributed by atoms with E-state index in [1.165, 1.54) is 13.8 Å². The number of carbonyl (C=O) groups excluding carboxylic acids is 2. The van der Waals surface area contributed by atoms with Gasteiger partial charge in [0.25, 0.3) is 16.6 Å². The molecule has 0 radical (unpaired) electrons. The molecule has 1 aliphatic heterocycles. The zero-order valence-corrected chi connectivity index (χ0v) is 18.5. The second-order valence-corrected chi connectivity index (χ2v) is 9.20. The lowest BCUT2D eigenvalue weighted by Crippen LogP contribution is -2.67. The van der Waals surface area contributed by atoms with E-state index in [0.29, 0.717) is 4.57 Å². The number of aromatic nitrogens is 4. The molecule has 10 N–H and O–H groups in total. The first-order valence-electron chi connectivity index (χ1n) is 9.56. The van der Waals surface area contributed by atoms with E-state index in [1.54, 1.807) is 0 Å². The standard InChI is InChI=1S/C16H23N7O10S/c1-5(25)8(17)13(27)22-11-9-12(21-6(2)20-11)23(4-19-9)15(14(18)28)16(29,34(30,31)32)10(26)7(3-24)33-15/h4-5,7-8,10,24-26,29H,3,17H2,1-2H3,(H2,18,28)(H,30,31,32)(H,20,21,22,27)/t5?,7-,8?,10-,15-,16+/m1/s1. The highest BCUT2D eigenvalue weighted by Crippen LogP contribution is 2.47. The van der Waals surface area contributed by atoms with Crippen LogP contribution < -0.4 is 16.8 Å². The number of nitrogens with two attached hydrogens (primary N) is 2. The summed E-state index contributed by atoms with van der Waals surface area (Å²) >= 11 is 0.